The van der Waals surface area contributed by atoms with Crippen LogP contribution in [0.5, 0.6) is 5.75 Å². The highest BCUT2D eigenvalue weighted by molar-refractivity contribution is 7.89. The van der Waals surface area contributed by atoms with Crippen LogP contribution in [0.3, 0.4) is 0 Å². The third-order valence-corrected chi connectivity index (χ3v) is 4.78. The Kier molecular flexibility index (Phi) is 5.33. The highest BCUT2D eigenvalue weighted by atomic mass is 32.2. The summed E-state index contributed by atoms with van der Waals surface area (Å²) in [5.41, 5.74) is 1.47. The number of nitrogens with one attached hydrogen (secondary N) is 1. The van der Waals surface area contributed by atoms with Gasteiger partial charge in [0, 0.05) is 12.6 Å². The van der Waals surface area contributed by atoms with Gasteiger partial charge in [-0.2, -0.15) is 0 Å². The molecule has 4 nitrogen and oxygen atoms in total. The van der Waals surface area contributed by atoms with Crippen molar-refractivity contribution in [2.24, 2.45) is 0 Å². The number of rotatable bonds is 6. The van der Waals surface area contributed by atoms with Gasteiger partial charge in [0.05, 0.1) is 4.90 Å². The summed E-state index contributed by atoms with van der Waals surface area (Å²) in [7, 11) is -3.67. The molecule has 0 spiro atoms. The number of sulfonamides is 1. The van der Waals surface area contributed by atoms with Gasteiger partial charge in [-0.25, -0.2) is 21.9 Å². The Morgan fingerprint density at radius 2 is 1.83 bits per heavy atom. The Hall–Kier alpha value is -1.99. The molecule has 0 bridgehead atoms. The molecule has 0 atom stereocenters. The maximum Gasteiger partial charge on any atom is 0.240 e. The van der Waals surface area contributed by atoms with Gasteiger partial charge in [-0.1, -0.05) is 12.1 Å². The highest BCUT2D eigenvalue weighted by Crippen LogP contribution is 2.18. The standard InChI is InChI=1S/C16H17F2NO3S/c1-11-3-4-12(2)16(9-11)23(20,21)19-7-8-22-15-6-5-13(17)10-14(15)18/h3-6,9-10,19H,7-8H2,1-2H3. The van der Waals surface area contributed by atoms with Crippen molar-refractivity contribution in [2.75, 3.05) is 13.2 Å². The lowest BCUT2D eigenvalue weighted by Crippen LogP contribution is -2.29. The number of benzene rings is 2. The van der Waals surface area contributed by atoms with Gasteiger partial charge in [0.1, 0.15) is 12.4 Å². The highest BCUT2D eigenvalue weighted by Gasteiger charge is 2.16. The van der Waals surface area contributed by atoms with Gasteiger partial charge in [-0.05, 0) is 43.2 Å². The Morgan fingerprint density at radius 3 is 2.52 bits per heavy atom. The molecule has 0 radical (unpaired) electrons. The normalized spacial score (nSPS) is 11.5. The van der Waals surface area contributed by atoms with Crippen LogP contribution in [0.15, 0.2) is 41.3 Å². The lowest BCUT2D eigenvalue weighted by atomic mass is 10.2. The van der Waals surface area contributed by atoms with Gasteiger partial charge < -0.3 is 4.74 Å². The summed E-state index contributed by atoms with van der Waals surface area (Å²) >= 11 is 0. The number of hydrogen-bond donors (Lipinski definition) is 1. The molecule has 0 heterocycles. The fourth-order valence-electron chi connectivity index (χ4n) is 2.00. The van der Waals surface area contributed by atoms with Crippen molar-refractivity contribution in [1.29, 1.82) is 0 Å². The SMILES string of the molecule is Cc1ccc(C)c(S(=O)(=O)NCCOc2ccc(F)cc2F)c1. The van der Waals surface area contributed by atoms with Gasteiger partial charge in [0.2, 0.25) is 10.0 Å². The van der Waals surface area contributed by atoms with Crippen LogP contribution in [0.25, 0.3) is 0 Å². The van der Waals surface area contributed by atoms with Gasteiger partial charge >= 0.3 is 0 Å². The van der Waals surface area contributed by atoms with E-state index in [-0.39, 0.29) is 23.8 Å². The van der Waals surface area contributed by atoms with Crippen molar-refractivity contribution >= 4 is 10.0 Å². The van der Waals surface area contributed by atoms with Crippen molar-refractivity contribution < 1.29 is 21.9 Å². The maximum absolute atomic E-state index is 13.4. The van der Waals surface area contributed by atoms with Crippen LogP contribution >= 0.6 is 0 Å². The molecule has 23 heavy (non-hydrogen) atoms. The van der Waals surface area contributed by atoms with E-state index in [1.807, 2.05) is 6.07 Å². The molecule has 0 saturated carbocycles. The number of aryl methyl sites for hydroxylation is 2. The van der Waals surface area contributed by atoms with E-state index in [4.69, 9.17) is 4.74 Å². The van der Waals surface area contributed by atoms with Crippen molar-refractivity contribution in [3.05, 3.63) is 59.2 Å². The Bertz CT molecular complexity index is 807. The molecule has 124 valence electrons. The average Bonchev–Trinajstić information content (AvgIpc) is 2.48. The summed E-state index contributed by atoms with van der Waals surface area (Å²) in [5, 5.41) is 0. The minimum atomic E-state index is -3.67. The molecule has 0 unspecified atom stereocenters. The Balaban J connectivity index is 1.96. The van der Waals surface area contributed by atoms with E-state index in [0.29, 0.717) is 11.6 Å². The summed E-state index contributed by atoms with van der Waals surface area (Å²) in [6.07, 6.45) is 0. The number of hydrogen-bond acceptors (Lipinski definition) is 3. The van der Waals surface area contributed by atoms with Crippen molar-refractivity contribution in [2.45, 2.75) is 18.7 Å². The molecule has 0 aromatic heterocycles. The summed E-state index contributed by atoms with van der Waals surface area (Å²) in [6.45, 7) is 3.40. The molecule has 2 aromatic rings. The fourth-order valence-corrected chi connectivity index (χ4v) is 3.34. The van der Waals surface area contributed by atoms with Crippen LogP contribution in [0.4, 0.5) is 8.78 Å². The lowest BCUT2D eigenvalue weighted by molar-refractivity contribution is 0.305. The lowest BCUT2D eigenvalue weighted by Gasteiger charge is -2.11. The summed E-state index contributed by atoms with van der Waals surface area (Å²) in [5.74, 6) is -1.66. The van der Waals surface area contributed by atoms with Gasteiger partial charge in [0.15, 0.2) is 11.6 Å². The molecule has 0 saturated heterocycles. The zero-order valence-electron chi connectivity index (χ0n) is 12.8. The van der Waals surface area contributed by atoms with Crippen LogP contribution < -0.4 is 9.46 Å². The molecule has 1 N–H and O–H groups in total. The molecule has 0 amide bonds. The van der Waals surface area contributed by atoms with Crippen molar-refractivity contribution in [1.82, 2.24) is 4.72 Å². The topological polar surface area (TPSA) is 55.4 Å². The number of ether oxygens (including phenoxy) is 1. The van der Waals surface area contributed by atoms with Crippen molar-refractivity contribution in [3.8, 4) is 5.75 Å². The van der Waals surface area contributed by atoms with Gasteiger partial charge in [-0.15, -0.1) is 0 Å². The third kappa shape index (κ3) is 4.49. The summed E-state index contributed by atoms with van der Waals surface area (Å²) in [6, 6.07) is 8.07. The smallest absolute Gasteiger partial charge is 0.240 e. The first-order chi connectivity index (χ1) is 10.8. The van der Waals surface area contributed by atoms with E-state index in [0.717, 1.165) is 17.7 Å². The largest absolute Gasteiger partial charge is 0.489 e. The molecule has 0 aliphatic carbocycles. The fraction of sp³-hybridized carbons (Fsp3) is 0.250. The molecule has 0 aliphatic rings. The molecule has 7 heteroatoms. The van der Waals surface area contributed by atoms with Crippen molar-refractivity contribution in [3.63, 3.8) is 0 Å². The first-order valence-corrected chi connectivity index (χ1v) is 8.43. The third-order valence-electron chi connectivity index (χ3n) is 3.18. The minimum Gasteiger partial charge on any atom is -0.489 e. The zero-order valence-corrected chi connectivity index (χ0v) is 13.6. The summed E-state index contributed by atoms with van der Waals surface area (Å²) in [4.78, 5) is 0.200. The molecule has 2 aromatic carbocycles. The quantitative estimate of drug-likeness (QED) is 0.822. The van der Waals surface area contributed by atoms with E-state index in [1.54, 1.807) is 26.0 Å². The zero-order chi connectivity index (χ0) is 17.0. The summed E-state index contributed by atoms with van der Waals surface area (Å²) < 4.78 is 58.1. The van der Waals surface area contributed by atoms with Crippen LogP contribution in [0.1, 0.15) is 11.1 Å². The molecular formula is C16H17F2NO3S. The molecular weight excluding hydrogens is 324 g/mol. The minimum absolute atomic E-state index is 0.0352. The molecule has 0 aliphatic heterocycles. The van der Waals surface area contributed by atoms with E-state index < -0.39 is 21.7 Å². The van der Waals surface area contributed by atoms with E-state index in [2.05, 4.69) is 4.72 Å². The second-order valence-corrected chi connectivity index (χ2v) is 6.83. The number of halogens is 2. The van der Waals surface area contributed by atoms with Gasteiger partial charge in [0.25, 0.3) is 0 Å². The first-order valence-electron chi connectivity index (χ1n) is 6.94. The maximum atomic E-state index is 13.4. The second-order valence-electron chi connectivity index (χ2n) is 5.09. The van der Waals surface area contributed by atoms with Crippen LogP contribution in [0.2, 0.25) is 0 Å². The van der Waals surface area contributed by atoms with E-state index in [9.17, 15) is 17.2 Å². The van der Waals surface area contributed by atoms with Gasteiger partial charge in [-0.3, -0.25) is 0 Å². The average molecular weight is 341 g/mol. The van der Waals surface area contributed by atoms with E-state index in [1.165, 1.54) is 0 Å². The molecule has 2 rings (SSSR count). The van der Waals surface area contributed by atoms with Crippen LogP contribution in [-0.4, -0.2) is 21.6 Å². The monoisotopic (exact) mass is 341 g/mol. The van der Waals surface area contributed by atoms with E-state index >= 15 is 0 Å². The Morgan fingerprint density at radius 1 is 1.09 bits per heavy atom. The first kappa shape index (κ1) is 17.4. The van der Waals surface area contributed by atoms with Crippen LogP contribution in [0, 0.1) is 25.5 Å². The molecule has 0 fully saturated rings. The second kappa shape index (κ2) is 7.06. The predicted octanol–water partition coefficient (Wildman–Crippen LogP) is 2.94. The predicted molar refractivity (Wildman–Crippen MR) is 83.0 cm³/mol. The van der Waals surface area contributed by atoms with Crippen LogP contribution in [-0.2, 0) is 10.0 Å². The Labute approximate surface area is 134 Å².